The van der Waals surface area contributed by atoms with E-state index < -0.39 is 0 Å². The molecule has 2 heteroatoms. The van der Waals surface area contributed by atoms with Crippen LogP contribution in [0.5, 0.6) is 0 Å². The van der Waals surface area contributed by atoms with Gasteiger partial charge in [0.1, 0.15) is 0 Å². The van der Waals surface area contributed by atoms with E-state index in [0.29, 0.717) is 6.61 Å². The summed E-state index contributed by atoms with van der Waals surface area (Å²) in [5.74, 6) is 0. The third kappa shape index (κ3) is 2.90. The molecule has 3 aromatic rings. The van der Waals surface area contributed by atoms with Crippen molar-refractivity contribution >= 4 is 5.71 Å². The summed E-state index contributed by atoms with van der Waals surface area (Å²) in [6.45, 7) is 2.77. The Labute approximate surface area is 148 Å². The Balaban J connectivity index is 1.79. The van der Waals surface area contributed by atoms with E-state index in [2.05, 4.69) is 67.6 Å². The van der Waals surface area contributed by atoms with Crippen molar-refractivity contribution in [1.29, 1.82) is 0 Å². The molecule has 0 N–H and O–H groups in total. The van der Waals surface area contributed by atoms with Crippen molar-refractivity contribution in [3.05, 3.63) is 108 Å². The predicted molar refractivity (Wildman–Crippen MR) is 102 cm³/mol. The molecule has 0 saturated heterocycles. The van der Waals surface area contributed by atoms with E-state index in [1.54, 1.807) is 0 Å². The van der Waals surface area contributed by atoms with Gasteiger partial charge in [0.05, 0.1) is 17.7 Å². The number of rotatable bonds is 4. The highest BCUT2D eigenvalue weighted by atomic mass is 16.5. The maximum absolute atomic E-state index is 6.19. The number of benzene rings is 3. The van der Waals surface area contributed by atoms with Crippen LogP contribution in [0, 0.1) is 0 Å². The second-order valence-electron chi connectivity index (χ2n) is 6.54. The van der Waals surface area contributed by atoms with Crippen molar-refractivity contribution in [3.8, 4) is 0 Å². The van der Waals surface area contributed by atoms with Crippen LogP contribution >= 0.6 is 0 Å². The molecular weight excluding hydrogens is 306 g/mol. The fourth-order valence-electron chi connectivity index (χ4n) is 3.48. The molecule has 124 valence electrons. The molecule has 1 unspecified atom stereocenters. The minimum atomic E-state index is -0.334. The van der Waals surface area contributed by atoms with Crippen LogP contribution in [0.2, 0.25) is 0 Å². The fraction of sp³-hybridized carbons (Fsp3) is 0.174. The minimum absolute atomic E-state index is 0.243. The predicted octanol–water partition coefficient (Wildman–Crippen LogP) is 4.84. The zero-order valence-corrected chi connectivity index (χ0v) is 14.3. The standard InChI is InChI=1S/C23H21NO/c1-23(19-13-7-3-8-14-19,20-15-9-4-10-16-20)22-24-21(17-25-22)18-11-5-2-6-12-18/h2-16,22H,17H2,1H3. The van der Waals surface area contributed by atoms with Crippen LogP contribution < -0.4 is 0 Å². The zero-order chi connectivity index (χ0) is 17.1. The molecule has 2 nitrogen and oxygen atoms in total. The molecule has 0 saturated carbocycles. The first-order valence-corrected chi connectivity index (χ1v) is 8.63. The van der Waals surface area contributed by atoms with E-state index in [9.17, 15) is 0 Å². The quantitative estimate of drug-likeness (QED) is 0.672. The van der Waals surface area contributed by atoms with E-state index in [1.807, 2.05) is 30.3 Å². The molecule has 0 radical (unpaired) electrons. The van der Waals surface area contributed by atoms with Crippen LogP contribution in [-0.4, -0.2) is 18.5 Å². The van der Waals surface area contributed by atoms with Crippen molar-refractivity contribution in [1.82, 2.24) is 0 Å². The third-order valence-electron chi connectivity index (χ3n) is 5.00. The summed E-state index contributed by atoms with van der Waals surface area (Å²) in [5, 5.41) is 0. The van der Waals surface area contributed by atoms with Crippen LogP contribution in [0.15, 0.2) is 96.0 Å². The van der Waals surface area contributed by atoms with Crippen molar-refractivity contribution in [2.75, 3.05) is 6.61 Å². The molecule has 0 amide bonds. The SMILES string of the molecule is CC(c1ccccc1)(c1ccccc1)C1N=C(c2ccccc2)CO1. The number of nitrogens with zero attached hydrogens (tertiary/aromatic N) is 1. The van der Waals surface area contributed by atoms with Gasteiger partial charge in [-0.05, 0) is 23.6 Å². The number of ether oxygens (including phenoxy) is 1. The molecule has 0 spiro atoms. The average Bonchev–Trinajstić information content (AvgIpc) is 3.20. The molecule has 0 aliphatic carbocycles. The maximum atomic E-state index is 6.19. The van der Waals surface area contributed by atoms with Gasteiger partial charge < -0.3 is 4.74 Å². The van der Waals surface area contributed by atoms with Gasteiger partial charge in [-0.2, -0.15) is 0 Å². The third-order valence-corrected chi connectivity index (χ3v) is 5.00. The summed E-state index contributed by atoms with van der Waals surface area (Å²) >= 11 is 0. The van der Waals surface area contributed by atoms with Gasteiger partial charge in [0.25, 0.3) is 0 Å². The molecule has 4 rings (SSSR count). The fourth-order valence-corrected chi connectivity index (χ4v) is 3.48. The van der Waals surface area contributed by atoms with E-state index in [0.717, 1.165) is 11.3 Å². The van der Waals surface area contributed by atoms with Crippen LogP contribution in [0.25, 0.3) is 0 Å². The Morgan fingerprint density at radius 3 is 1.76 bits per heavy atom. The van der Waals surface area contributed by atoms with Gasteiger partial charge in [0, 0.05) is 0 Å². The smallest absolute Gasteiger partial charge is 0.162 e. The van der Waals surface area contributed by atoms with Crippen molar-refractivity contribution in [2.45, 2.75) is 18.6 Å². The topological polar surface area (TPSA) is 21.6 Å². The normalized spacial score (nSPS) is 17.3. The van der Waals surface area contributed by atoms with Gasteiger partial charge in [-0.3, -0.25) is 4.99 Å². The lowest BCUT2D eigenvalue weighted by atomic mass is 9.75. The van der Waals surface area contributed by atoms with Crippen molar-refractivity contribution < 1.29 is 4.74 Å². The van der Waals surface area contributed by atoms with E-state index in [-0.39, 0.29) is 11.6 Å². The zero-order valence-electron chi connectivity index (χ0n) is 14.3. The Bertz CT molecular complexity index is 817. The molecule has 0 fully saturated rings. The lowest BCUT2D eigenvalue weighted by Gasteiger charge is -2.34. The van der Waals surface area contributed by atoms with Crippen LogP contribution in [0.4, 0.5) is 0 Å². The first-order valence-electron chi connectivity index (χ1n) is 8.63. The summed E-state index contributed by atoms with van der Waals surface area (Å²) in [7, 11) is 0. The maximum Gasteiger partial charge on any atom is 0.162 e. The Morgan fingerprint density at radius 2 is 1.24 bits per heavy atom. The Morgan fingerprint density at radius 1 is 0.760 bits per heavy atom. The van der Waals surface area contributed by atoms with Gasteiger partial charge in [-0.1, -0.05) is 91.0 Å². The monoisotopic (exact) mass is 327 g/mol. The molecule has 3 aromatic carbocycles. The molecule has 1 atom stereocenters. The molecule has 0 bridgehead atoms. The average molecular weight is 327 g/mol. The molecular formula is C23H21NO. The summed E-state index contributed by atoms with van der Waals surface area (Å²) in [6.07, 6.45) is -0.243. The number of hydrogen-bond donors (Lipinski definition) is 0. The number of aliphatic imine (C=N–C) groups is 1. The van der Waals surface area contributed by atoms with Gasteiger partial charge in [0.15, 0.2) is 6.23 Å². The molecule has 1 heterocycles. The van der Waals surface area contributed by atoms with Crippen LogP contribution in [0.1, 0.15) is 23.6 Å². The first kappa shape index (κ1) is 15.8. The lowest BCUT2D eigenvalue weighted by molar-refractivity contribution is 0.0623. The Hall–Kier alpha value is -2.71. The van der Waals surface area contributed by atoms with E-state index in [4.69, 9.17) is 9.73 Å². The highest BCUT2D eigenvalue weighted by Gasteiger charge is 2.41. The summed E-state index contributed by atoms with van der Waals surface area (Å²) < 4.78 is 6.19. The van der Waals surface area contributed by atoms with Crippen molar-refractivity contribution in [2.24, 2.45) is 4.99 Å². The lowest BCUT2D eigenvalue weighted by Crippen LogP contribution is -2.37. The van der Waals surface area contributed by atoms with E-state index in [1.165, 1.54) is 11.1 Å². The second-order valence-corrected chi connectivity index (χ2v) is 6.54. The van der Waals surface area contributed by atoms with E-state index >= 15 is 0 Å². The van der Waals surface area contributed by atoms with Gasteiger partial charge in [0.2, 0.25) is 0 Å². The summed E-state index contributed by atoms with van der Waals surface area (Å²) in [6, 6.07) is 31.3. The highest BCUT2D eigenvalue weighted by Crippen LogP contribution is 2.39. The van der Waals surface area contributed by atoms with Gasteiger partial charge >= 0.3 is 0 Å². The Kier molecular flexibility index (Phi) is 4.21. The molecule has 25 heavy (non-hydrogen) atoms. The molecule has 1 aliphatic rings. The van der Waals surface area contributed by atoms with Crippen LogP contribution in [0.3, 0.4) is 0 Å². The van der Waals surface area contributed by atoms with Crippen molar-refractivity contribution in [3.63, 3.8) is 0 Å². The summed E-state index contributed by atoms with van der Waals surface area (Å²) in [5.41, 5.74) is 4.24. The highest BCUT2D eigenvalue weighted by molar-refractivity contribution is 6.02. The first-order chi connectivity index (χ1) is 12.3. The van der Waals surface area contributed by atoms with Gasteiger partial charge in [-0.15, -0.1) is 0 Å². The number of hydrogen-bond acceptors (Lipinski definition) is 2. The molecule has 1 aliphatic heterocycles. The largest absolute Gasteiger partial charge is 0.349 e. The van der Waals surface area contributed by atoms with Crippen LogP contribution in [-0.2, 0) is 10.2 Å². The molecule has 0 aromatic heterocycles. The second kappa shape index (κ2) is 6.66. The minimum Gasteiger partial charge on any atom is -0.349 e. The summed E-state index contributed by atoms with van der Waals surface area (Å²) in [4.78, 5) is 4.98. The van der Waals surface area contributed by atoms with Gasteiger partial charge in [-0.25, -0.2) is 0 Å².